The van der Waals surface area contributed by atoms with E-state index in [-0.39, 0.29) is 30.3 Å². The van der Waals surface area contributed by atoms with Gasteiger partial charge in [0.25, 0.3) is 5.91 Å². The second-order valence-corrected chi connectivity index (χ2v) is 9.59. The highest BCUT2D eigenvalue weighted by atomic mass is 32.1. The van der Waals surface area contributed by atoms with Crippen LogP contribution < -0.4 is 0 Å². The molecule has 0 aliphatic carbocycles. The van der Waals surface area contributed by atoms with Crippen molar-refractivity contribution in [3.05, 3.63) is 93.4 Å². The molecule has 1 unspecified atom stereocenters. The van der Waals surface area contributed by atoms with E-state index < -0.39 is 0 Å². The maximum atomic E-state index is 13.6. The van der Waals surface area contributed by atoms with Crippen LogP contribution in [0.2, 0.25) is 0 Å². The van der Waals surface area contributed by atoms with Gasteiger partial charge in [-0.2, -0.15) is 0 Å². The van der Waals surface area contributed by atoms with Gasteiger partial charge >= 0.3 is 0 Å². The lowest BCUT2D eigenvalue weighted by molar-refractivity contribution is -0.133. The first-order valence-corrected chi connectivity index (χ1v) is 12.4. The zero-order chi connectivity index (χ0) is 23.9. The van der Waals surface area contributed by atoms with Gasteiger partial charge in [0.15, 0.2) is 0 Å². The average molecular weight is 481 g/mol. The minimum Gasteiger partial charge on any atom is -0.376 e. The molecule has 34 heavy (non-hydrogen) atoms. The fourth-order valence-corrected chi connectivity index (χ4v) is 4.98. The summed E-state index contributed by atoms with van der Waals surface area (Å²) in [7, 11) is 0. The second kappa shape index (κ2) is 11.4. The van der Waals surface area contributed by atoms with Crippen LogP contribution in [-0.2, 0) is 22.6 Å². The monoisotopic (exact) mass is 480 g/mol. The van der Waals surface area contributed by atoms with Crippen LogP contribution in [-0.4, -0.2) is 47.4 Å². The van der Waals surface area contributed by atoms with E-state index in [1.807, 2.05) is 36.6 Å². The number of ether oxygens (including phenoxy) is 1. The summed E-state index contributed by atoms with van der Waals surface area (Å²) >= 11 is 1.60. The summed E-state index contributed by atoms with van der Waals surface area (Å²) in [6.45, 7) is 3.81. The highest BCUT2D eigenvalue weighted by Crippen LogP contribution is 2.21. The number of rotatable bonds is 9. The normalized spacial score (nSPS) is 15.3. The van der Waals surface area contributed by atoms with Gasteiger partial charge in [-0.05, 0) is 66.6 Å². The zero-order valence-corrected chi connectivity index (χ0v) is 20.1. The molecule has 0 N–H and O–H groups in total. The van der Waals surface area contributed by atoms with Crippen LogP contribution >= 0.6 is 11.3 Å². The number of benzene rings is 2. The maximum Gasteiger partial charge on any atom is 0.254 e. The van der Waals surface area contributed by atoms with Crippen molar-refractivity contribution in [1.29, 1.82) is 0 Å². The van der Waals surface area contributed by atoms with Crippen molar-refractivity contribution < 1.29 is 18.7 Å². The molecular formula is C27H29FN2O3S. The Kier molecular flexibility index (Phi) is 8.08. The Balaban J connectivity index is 1.55. The summed E-state index contributed by atoms with van der Waals surface area (Å²) in [6.07, 6.45) is 1.77. The highest BCUT2D eigenvalue weighted by Gasteiger charge is 2.27. The minimum absolute atomic E-state index is 0.0425. The van der Waals surface area contributed by atoms with E-state index in [1.165, 1.54) is 12.1 Å². The molecule has 1 fully saturated rings. The first kappa shape index (κ1) is 24.1. The number of hydrogen-bond acceptors (Lipinski definition) is 4. The number of amides is 2. The van der Waals surface area contributed by atoms with Gasteiger partial charge < -0.3 is 14.5 Å². The van der Waals surface area contributed by atoms with Crippen LogP contribution in [0, 0.1) is 12.7 Å². The Morgan fingerprint density at radius 2 is 1.79 bits per heavy atom. The molecule has 2 aromatic carbocycles. The summed E-state index contributed by atoms with van der Waals surface area (Å²) < 4.78 is 19.2. The number of aryl methyl sites for hydroxylation is 1. The van der Waals surface area contributed by atoms with E-state index in [4.69, 9.17) is 4.74 Å². The quantitative estimate of drug-likeness (QED) is 0.431. The predicted octanol–water partition coefficient (Wildman–Crippen LogP) is 5.05. The van der Waals surface area contributed by atoms with Crippen molar-refractivity contribution in [3.8, 4) is 0 Å². The number of hydrogen-bond donors (Lipinski definition) is 0. The summed E-state index contributed by atoms with van der Waals surface area (Å²) in [6, 6.07) is 17.2. The van der Waals surface area contributed by atoms with Crippen LogP contribution in [0.4, 0.5) is 4.39 Å². The topological polar surface area (TPSA) is 49.9 Å². The van der Waals surface area contributed by atoms with Gasteiger partial charge in [-0.3, -0.25) is 9.59 Å². The molecule has 2 amide bonds. The minimum atomic E-state index is -0.313. The third-order valence-corrected chi connectivity index (χ3v) is 7.03. The van der Waals surface area contributed by atoms with Crippen molar-refractivity contribution >= 4 is 23.2 Å². The van der Waals surface area contributed by atoms with Crippen molar-refractivity contribution in [3.63, 3.8) is 0 Å². The number of carbonyl (C=O) groups excluding carboxylic acids is 2. The van der Waals surface area contributed by atoms with Gasteiger partial charge in [0, 0.05) is 30.1 Å². The van der Waals surface area contributed by atoms with E-state index >= 15 is 0 Å². The molecule has 7 heteroatoms. The standard InChI is InChI=1S/C27H29FN2O3S/c1-20-13-15-34-25(20)18-29(16-21-9-11-23(28)12-10-21)26(31)19-30(17-24-8-5-14-33-24)27(32)22-6-3-2-4-7-22/h2-4,6-7,9-13,15,24H,5,8,14,16-19H2,1H3. The van der Waals surface area contributed by atoms with Gasteiger partial charge in [0.05, 0.1) is 12.6 Å². The van der Waals surface area contributed by atoms with Crippen molar-refractivity contribution in [2.75, 3.05) is 19.7 Å². The maximum absolute atomic E-state index is 13.6. The lowest BCUT2D eigenvalue weighted by Gasteiger charge is -2.29. The molecule has 5 nitrogen and oxygen atoms in total. The first-order chi connectivity index (χ1) is 16.5. The molecule has 0 spiro atoms. The molecule has 3 aromatic rings. The molecule has 0 saturated carbocycles. The number of carbonyl (C=O) groups is 2. The summed E-state index contributed by atoms with van der Waals surface area (Å²) in [5.41, 5.74) is 2.51. The van der Waals surface area contributed by atoms with Crippen LogP contribution in [0.3, 0.4) is 0 Å². The van der Waals surface area contributed by atoms with Crippen molar-refractivity contribution in [2.45, 2.75) is 39.0 Å². The van der Waals surface area contributed by atoms with E-state index in [0.717, 1.165) is 28.8 Å². The smallest absolute Gasteiger partial charge is 0.254 e. The largest absolute Gasteiger partial charge is 0.376 e. The zero-order valence-electron chi connectivity index (χ0n) is 19.3. The number of thiophene rings is 1. The molecule has 1 aliphatic rings. The Bertz CT molecular complexity index is 1090. The Hall–Kier alpha value is -3.03. The Morgan fingerprint density at radius 1 is 1.03 bits per heavy atom. The summed E-state index contributed by atoms with van der Waals surface area (Å²) in [5.74, 6) is -0.648. The Morgan fingerprint density at radius 3 is 2.44 bits per heavy atom. The highest BCUT2D eigenvalue weighted by molar-refractivity contribution is 7.10. The summed E-state index contributed by atoms with van der Waals surface area (Å²) in [5, 5.41) is 2.01. The van der Waals surface area contributed by atoms with Crippen LogP contribution in [0.15, 0.2) is 66.0 Å². The number of nitrogens with zero attached hydrogens (tertiary/aromatic N) is 2. The molecule has 0 bridgehead atoms. The molecule has 2 heterocycles. The van der Waals surface area contributed by atoms with Crippen LogP contribution in [0.5, 0.6) is 0 Å². The van der Waals surface area contributed by atoms with Gasteiger partial charge in [0.1, 0.15) is 12.4 Å². The fraction of sp³-hybridized carbons (Fsp3) is 0.333. The second-order valence-electron chi connectivity index (χ2n) is 8.59. The molecule has 1 atom stereocenters. The van der Waals surface area contributed by atoms with Gasteiger partial charge in [-0.25, -0.2) is 4.39 Å². The van der Waals surface area contributed by atoms with Crippen LogP contribution in [0.25, 0.3) is 0 Å². The van der Waals surface area contributed by atoms with Gasteiger partial charge in [-0.1, -0.05) is 30.3 Å². The summed E-state index contributed by atoms with van der Waals surface area (Å²) in [4.78, 5) is 31.4. The number of halogens is 1. The SMILES string of the molecule is Cc1ccsc1CN(Cc1ccc(F)cc1)C(=O)CN(CC1CCCO1)C(=O)c1ccccc1. The molecule has 4 rings (SSSR count). The van der Waals surface area contributed by atoms with E-state index in [2.05, 4.69) is 0 Å². The van der Waals surface area contributed by atoms with Gasteiger partial charge in [-0.15, -0.1) is 11.3 Å². The van der Waals surface area contributed by atoms with Crippen LogP contribution in [0.1, 0.15) is 39.2 Å². The molecule has 1 aromatic heterocycles. The first-order valence-electron chi connectivity index (χ1n) is 11.5. The van der Waals surface area contributed by atoms with Gasteiger partial charge in [0.2, 0.25) is 5.91 Å². The lowest BCUT2D eigenvalue weighted by Crippen LogP contribution is -2.45. The molecule has 178 valence electrons. The molecule has 1 saturated heterocycles. The van der Waals surface area contributed by atoms with Crippen molar-refractivity contribution in [2.24, 2.45) is 0 Å². The molecule has 1 aliphatic heterocycles. The van der Waals surface area contributed by atoms with E-state index in [9.17, 15) is 14.0 Å². The van der Waals surface area contributed by atoms with E-state index in [0.29, 0.717) is 31.8 Å². The van der Waals surface area contributed by atoms with E-state index in [1.54, 1.807) is 45.4 Å². The molecular weight excluding hydrogens is 451 g/mol. The van der Waals surface area contributed by atoms with Crippen molar-refractivity contribution in [1.82, 2.24) is 9.80 Å². The third kappa shape index (κ3) is 6.30. The Labute approximate surface area is 203 Å². The molecule has 0 radical (unpaired) electrons. The third-order valence-electron chi connectivity index (χ3n) is 6.02. The fourth-order valence-electron chi connectivity index (χ4n) is 4.06. The lowest BCUT2D eigenvalue weighted by atomic mass is 10.1. The predicted molar refractivity (Wildman–Crippen MR) is 131 cm³/mol. The average Bonchev–Trinajstić information content (AvgIpc) is 3.51.